The first-order chi connectivity index (χ1) is 6.29. The Kier molecular flexibility index (Phi) is 8.05. The molecule has 0 nitrogen and oxygen atoms in total. The van der Waals surface area contributed by atoms with E-state index in [1.165, 1.54) is 0 Å². The quantitative estimate of drug-likeness (QED) is 0.573. The summed E-state index contributed by atoms with van der Waals surface area (Å²) in [6.07, 6.45) is 0. The molecule has 0 aromatic heterocycles. The number of halogens is 3. The van der Waals surface area contributed by atoms with Crippen LogP contribution in [0.3, 0.4) is 0 Å². The van der Waals surface area contributed by atoms with Crippen molar-refractivity contribution in [1.29, 1.82) is 0 Å². The summed E-state index contributed by atoms with van der Waals surface area (Å²) < 4.78 is 0. The molecule has 14 heavy (non-hydrogen) atoms. The van der Waals surface area contributed by atoms with Crippen molar-refractivity contribution >= 4 is 25.5 Å². The maximum atomic E-state index is 5.00. The Morgan fingerprint density at radius 2 is 1.07 bits per heavy atom. The molecule has 2 unspecified atom stereocenters. The van der Waals surface area contributed by atoms with Crippen LogP contribution in [0.1, 0.15) is 34.6 Å². The molecule has 2 atom stereocenters. The molecule has 0 aromatic carbocycles. The van der Waals surface area contributed by atoms with Gasteiger partial charge in [0.2, 0.25) is 0 Å². The van der Waals surface area contributed by atoms with E-state index in [1.807, 2.05) is 0 Å². The van der Waals surface area contributed by atoms with Crippen LogP contribution in [0.4, 0.5) is 0 Å². The van der Waals surface area contributed by atoms with Crippen LogP contribution in [-0.2, 0) is 18.2 Å². The van der Waals surface area contributed by atoms with E-state index in [9.17, 15) is 0 Å². The second-order valence-electron chi connectivity index (χ2n) is 4.02. The molecule has 0 aliphatic heterocycles. The Labute approximate surface area is 107 Å². The molecule has 0 spiro atoms. The molecule has 0 bridgehead atoms. The van der Waals surface area contributed by atoms with Crippen molar-refractivity contribution in [3.8, 4) is 0 Å². The molecule has 2 radical (unpaired) electrons. The van der Waals surface area contributed by atoms with Crippen LogP contribution in [-0.4, -0.2) is 0 Å². The van der Waals surface area contributed by atoms with E-state index in [0.29, 0.717) is 0 Å². The zero-order valence-corrected chi connectivity index (χ0v) is 14.1. The molecule has 1 fully saturated rings. The molecule has 0 N–H and O–H groups in total. The van der Waals surface area contributed by atoms with E-state index < -0.39 is 18.2 Å². The van der Waals surface area contributed by atoms with Crippen LogP contribution >= 0.6 is 25.5 Å². The van der Waals surface area contributed by atoms with E-state index in [1.54, 1.807) is 11.8 Å². The minimum atomic E-state index is -2.13. The molecule has 0 aromatic rings. The molecule has 1 rings (SSSR count). The summed E-state index contributed by atoms with van der Waals surface area (Å²) in [7, 11) is 15.0. The Balaban J connectivity index is 0.000000364. The van der Waals surface area contributed by atoms with Gasteiger partial charge in [0.25, 0.3) is 0 Å². The Morgan fingerprint density at radius 1 is 0.857 bits per heavy atom. The summed E-state index contributed by atoms with van der Waals surface area (Å²) in [5.74, 6) is 5.74. The SMILES string of the molecule is C[C]1[C](C)C(C)C(C)C1C.[Cl][Zr]([Cl])[Cl]. The van der Waals surface area contributed by atoms with Gasteiger partial charge < -0.3 is 0 Å². The predicted molar refractivity (Wildman–Crippen MR) is 62.9 cm³/mol. The average Bonchev–Trinajstić information content (AvgIpc) is 2.23. The summed E-state index contributed by atoms with van der Waals surface area (Å²) >= 11 is -2.13. The first kappa shape index (κ1) is 15.8. The molecule has 1 aliphatic rings. The number of hydrogen-bond donors (Lipinski definition) is 0. The van der Waals surface area contributed by atoms with Crippen LogP contribution in [0, 0.1) is 29.6 Å². The third kappa shape index (κ3) is 4.73. The molecule has 83 valence electrons. The van der Waals surface area contributed by atoms with Gasteiger partial charge in [0, 0.05) is 0 Å². The summed E-state index contributed by atoms with van der Waals surface area (Å²) in [4.78, 5) is 0. The van der Waals surface area contributed by atoms with Crippen molar-refractivity contribution < 1.29 is 18.2 Å². The van der Waals surface area contributed by atoms with Crippen LogP contribution in [0.5, 0.6) is 0 Å². The van der Waals surface area contributed by atoms with Gasteiger partial charge >= 0.3 is 43.7 Å². The van der Waals surface area contributed by atoms with Crippen molar-refractivity contribution in [3.05, 3.63) is 11.8 Å². The Bertz CT molecular complexity index is 116. The fourth-order valence-electron chi connectivity index (χ4n) is 1.94. The van der Waals surface area contributed by atoms with Gasteiger partial charge in [-0.2, -0.15) is 0 Å². The molecule has 1 saturated carbocycles. The molecule has 0 heterocycles. The fraction of sp³-hybridized carbons (Fsp3) is 0.800. The monoisotopic (exact) mass is 333 g/mol. The third-order valence-electron chi connectivity index (χ3n) is 3.57. The fourth-order valence-corrected chi connectivity index (χ4v) is 1.94. The van der Waals surface area contributed by atoms with E-state index in [0.717, 1.165) is 17.8 Å². The van der Waals surface area contributed by atoms with E-state index in [2.05, 4.69) is 34.6 Å². The minimum absolute atomic E-state index is 0.815. The second-order valence-corrected chi connectivity index (χ2v) is 15.2. The Hall–Kier alpha value is 1.75. The van der Waals surface area contributed by atoms with Gasteiger partial charge in [-0.15, -0.1) is 0 Å². The van der Waals surface area contributed by atoms with Crippen LogP contribution in [0.2, 0.25) is 0 Å². The number of rotatable bonds is 0. The van der Waals surface area contributed by atoms with E-state index in [-0.39, 0.29) is 0 Å². The number of hydrogen-bond acceptors (Lipinski definition) is 0. The zero-order valence-electron chi connectivity index (χ0n) is 9.37. The third-order valence-corrected chi connectivity index (χ3v) is 3.57. The van der Waals surface area contributed by atoms with Gasteiger partial charge in [0.15, 0.2) is 0 Å². The molecule has 0 amide bonds. The first-order valence-electron chi connectivity index (χ1n) is 4.79. The van der Waals surface area contributed by atoms with Gasteiger partial charge in [-0.05, 0) is 29.6 Å². The summed E-state index contributed by atoms with van der Waals surface area (Å²) in [5, 5.41) is 0. The van der Waals surface area contributed by atoms with Gasteiger partial charge in [-0.1, -0.05) is 34.6 Å². The van der Waals surface area contributed by atoms with Crippen molar-refractivity contribution in [2.75, 3.05) is 0 Å². The van der Waals surface area contributed by atoms with Gasteiger partial charge in [-0.25, -0.2) is 0 Å². The Morgan fingerprint density at radius 3 is 1.14 bits per heavy atom. The molecular formula is C10H18Cl3Zr. The zero-order chi connectivity index (χ0) is 11.5. The molecule has 0 saturated heterocycles. The molecular weight excluding hydrogens is 318 g/mol. The summed E-state index contributed by atoms with van der Waals surface area (Å²) in [6.45, 7) is 11.6. The van der Waals surface area contributed by atoms with Crippen LogP contribution in [0.25, 0.3) is 0 Å². The summed E-state index contributed by atoms with van der Waals surface area (Å²) in [6, 6.07) is 0. The van der Waals surface area contributed by atoms with Gasteiger partial charge in [0.05, 0.1) is 0 Å². The van der Waals surface area contributed by atoms with Crippen LogP contribution < -0.4 is 0 Å². The van der Waals surface area contributed by atoms with Crippen molar-refractivity contribution in [2.45, 2.75) is 34.6 Å². The average molecular weight is 336 g/mol. The summed E-state index contributed by atoms with van der Waals surface area (Å²) in [5.41, 5.74) is 0. The molecule has 4 heteroatoms. The van der Waals surface area contributed by atoms with Crippen molar-refractivity contribution in [2.24, 2.45) is 17.8 Å². The van der Waals surface area contributed by atoms with Gasteiger partial charge in [0.1, 0.15) is 0 Å². The van der Waals surface area contributed by atoms with Crippen LogP contribution in [0.15, 0.2) is 0 Å². The standard InChI is InChI=1S/C10H18.3ClH.Zr/c1-6-7(2)9(4)10(5)8(6)3;;;;/h6-8H,1-5H3;3*1H;/q;;;;+3/p-3. The first-order valence-corrected chi connectivity index (χ1v) is 14.3. The van der Waals surface area contributed by atoms with E-state index >= 15 is 0 Å². The normalized spacial score (nSPS) is 33.9. The maximum absolute atomic E-state index is 5.00. The van der Waals surface area contributed by atoms with Gasteiger partial charge in [-0.3, -0.25) is 0 Å². The van der Waals surface area contributed by atoms with Crippen molar-refractivity contribution in [1.82, 2.24) is 0 Å². The molecule has 1 aliphatic carbocycles. The van der Waals surface area contributed by atoms with Crippen molar-refractivity contribution in [3.63, 3.8) is 0 Å². The van der Waals surface area contributed by atoms with E-state index in [4.69, 9.17) is 25.5 Å². The second kappa shape index (κ2) is 7.15. The predicted octanol–water partition coefficient (Wildman–Crippen LogP) is 5.16. The topological polar surface area (TPSA) is 0 Å².